The molecule has 0 N–H and O–H groups in total. The molecule has 2 aliphatic rings. The molecule has 2 atom stereocenters. The van der Waals surface area contributed by atoms with Gasteiger partial charge in [0.25, 0.3) is 0 Å². The second kappa shape index (κ2) is 10.6. The normalized spacial score (nSPS) is 29.8. The predicted octanol–water partition coefficient (Wildman–Crippen LogP) is 8.24. The van der Waals surface area contributed by atoms with E-state index in [-0.39, 0.29) is 11.4 Å². The zero-order valence-electron chi connectivity index (χ0n) is 18.8. The van der Waals surface area contributed by atoms with Crippen LogP contribution in [-0.2, 0) is 0 Å². The fourth-order valence-corrected chi connectivity index (χ4v) is 6.23. The van der Waals surface area contributed by atoms with E-state index >= 15 is 0 Å². The van der Waals surface area contributed by atoms with Crippen molar-refractivity contribution in [2.45, 2.75) is 97.3 Å². The molecular weight excluding hydrogens is 357 g/mol. The molecular formula is C27H40FN. The van der Waals surface area contributed by atoms with Crippen molar-refractivity contribution in [2.75, 3.05) is 0 Å². The largest absolute Gasteiger partial charge is 0.206 e. The van der Waals surface area contributed by atoms with E-state index in [1.807, 2.05) is 12.1 Å². The summed E-state index contributed by atoms with van der Waals surface area (Å²) < 4.78 is 14.0. The third kappa shape index (κ3) is 5.62. The Morgan fingerprint density at radius 3 is 2.10 bits per heavy atom. The topological polar surface area (TPSA) is 23.8 Å². The van der Waals surface area contributed by atoms with E-state index < -0.39 is 0 Å². The molecule has 0 radical (unpaired) electrons. The van der Waals surface area contributed by atoms with E-state index in [0.717, 1.165) is 29.2 Å². The first kappa shape index (κ1) is 22.3. The van der Waals surface area contributed by atoms with Crippen LogP contribution in [0.1, 0.15) is 108 Å². The van der Waals surface area contributed by atoms with Gasteiger partial charge in [-0.3, -0.25) is 0 Å². The molecule has 2 aliphatic carbocycles. The first-order chi connectivity index (χ1) is 14.0. The maximum absolute atomic E-state index is 14.0. The lowest BCUT2D eigenvalue weighted by atomic mass is 9.65. The van der Waals surface area contributed by atoms with Crippen molar-refractivity contribution in [2.24, 2.45) is 29.6 Å². The first-order valence-electron chi connectivity index (χ1n) is 12.2. The van der Waals surface area contributed by atoms with Crippen molar-refractivity contribution in [1.29, 1.82) is 5.26 Å². The summed E-state index contributed by atoms with van der Waals surface area (Å²) in [7, 11) is 0. The molecule has 2 fully saturated rings. The van der Waals surface area contributed by atoms with Crippen molar-refractivity contribution in [1.82, 2.24) is 0 Å². The molecule has 2 unspecified atom stereocenters. The van der Waals surface area contributed by atoms with Crippen LogP contribution in [0.15, 0.2) is 18.2 Å². The number of hydrogen-bond donors (Lipinski definition) is 0. The van der Waals surface area contributed by atoms with E-state index in [0.29, 0.717) is 11.8 Å². The zero-order chi connectivity index (χ0) is 20.8. The summed E-state index contributed by atoms with van der Waals surface area (Å²) in [5.41, 5.74) is 1.21. The van der Waals surface area contributed by atoms with Crippen LogP contribution < -0.4 is 0 Å². The van der Waals surface area contributed by atoms with Crippen LogP contribution in [0.2, 0.25) is 0 Å². The molecule has 0 saturated heterocycles. The standard InChI is InChI=1S/C27H40FN/c1-4-5-6-21-7-9-22(10-8-21)19(2)23-11-13-24(14-12-23)20(3)25-15-16-26(18-29)27(28)17-25/h15-17,19-24H,4-14H2,1-3H3. The van der Waals surface area contributed by atoms with Gasteiger partial charge in [-0.2, -0.15) is 5.26 Å². The van der Waals surface area contributed by atoms with Crippen molar-refractivity contribution >= 4 is 0 Å². The smallest absolute Gasteiger partial charge is 0.141 e. The van der Waals surface area contributed by atoms with Gasteiger partial charge < -0.3 is 0 Å². The quantitative estimate of drug-likeness (QED) is 0.454. The summed E-state index contributed by atoms with van der Waals surface area (Å²) in [6, 6.07) is 7.12. The highest BCUT2D eigenvalue weighted by atomic mass is 19.1. The zero-order valence-corrected chi connectivity index (χ0v) is 18.8. The maximum Gasteiger partial charge on any atom is 0.141 e. The number of unbranched alkanes of at least 4 members (excludes halogenated alkanes) is 1. The molecule has 0 aliphatic heterocycles. The van der Waals surface area contributed by atoms with Crippen LogP contribution in [0.4, 0.5) is 4.39 Å². The minimum absolute atomic E-state index is 0.155. The van der Waals surface area contributed by atoms with Gasteiger partial charge in [0, 0.05) is 0 Å². The SMILES string of the molecule is CCCCC1CCC(C(C)C2CCC(C(C)c3ccc(C#N)c(F)c3)CC2)CC1. The fraction of sp³-hybridized carbons (Fsp3) is 0.741. The molecule has 0 spiro atoms. The van der Waals surface area contributed by atoms with Crippen molar-refractivity contribution in [3.05, 3.63) is 35.1 Å². The van der Waals surface area contributed by atoms with Gasteiger partial charge in [0.1, 0.15) is 11.9 Å². The summed E-state index contributed by atoms with van der Waals surface area (Å²) in [6.07, 6.45) is 15.3. The lowest BCUT2D eigenvalue weighted by molar-refractivity contribution is 0.118. The van der Waals surface area contributed by atoms with Crippen LogP contribution >= 0.6 is 0 Å². The molecule has 1 nitrogen and oxygen atoms in total. The highest BCUT2D eigenvalue weighted by Crippen LogP contribution is 2.45. The Balaban J connectivity index is 1.47. The second-order valence-electron chi connectivity index (χ2n) is 10.1. The summed E-state index contributed by atoms with van der Waals surface area (Å²) >= 11 is 0. The Hall–Kier alpha value is -1.36. The highest BCUT2D eigenvalue weighted by Gasteiger charge is 2.33. The van der Waals surface area contributed by atoms with Gasteiger partial charge in [-0.25, -0.2) is 4.39 Å². The Morgan fingerprint density at radius 2 is 1.55 bits per heavy atom. The molecule has 2 saturated carbocycles. The minimum Gasteiger partial charge on any atom is -0.206 e. The van der Waals surface area contributed by atoms with Gasteiger partial charge in [-0.1, -0.05) is 58.9 Å². The Bertz CT molecular complexity index is 674. The summed E-state index contributed by atoms with van der Waals surface area (Å²) in [5, 5.41) is 8.95. The van der Waals surface area contributed by atoms with Crippen LogP contribution in [0.25, 0.3) is 0 Å². The summed E-state index contributed by atoms with van der Waals surface area (Å²) in [4.78, 5) is 0. The maximum atomic E-state index is 14.0. The number of benzene rings is 1. The van der Waals surface area contributed by atoms with Crippen LogP contribution in [0.5, 0.6) is 0 Å². The number of nitriles is 1. The van der Waals surface area contributed by atoms with E-state index in [4.69, 9.17) is 5.26 Å². The van der Waals surface area contributed by atoms with E-state index in [9.17, 15) is 4.39 Å². The monoisotopic (exact) mass is 397 g/mol. The third-order valence-corrected chi connectivity index (χ3v) is 8.51. The molecule has 29 heavy (non-hydrogen) atoms. The van der Waals surface area contributed by atoms with Crippen molar-refractivity contribution in [3.63, 3.8) is 0 Å². The average Bonchev–Trinajstić information content (AvgIpc) is 2.77. The van der Waals surface area contributed by atoms with Gasteiger partial charge in [0.15, 0.2) is 0 Å². The Labute approximate surface area is 178 Å². The number of halogens is 1. The molecule has 0 aromatic heterocycles. The lowest BCUT2D eigenvalue weighted by Crippen LogP contribution is -2.29. The van der Waals surface area contributed by atoms with Crippen LogP contribution in [0, 0.1) is 46.7 Å². The predicted molar refractivity (Wildman–Crippen MR) is 119 cm³/mol. The molecule has 1 aromatic rings. The molecule has 0 heterocycles. The van der Waals surface area contributed by atoms with E-state index in [1.54, 1.807) is 12.1 Å². The highest BCUT2D eigenvalue weighted by molar-refractivity contribution is 5.34. The average molecular weight is 398 g/mol. The third-order valence-electron chi connectivity index (χ3n) is 8.51. The molecule has 2 heteroatoms. The van der Waals surface area contributed by atoms with Crippen LogP contribution in [-0.4, -0.2) is 0 Å². The minimum atomic E-state index is -0.367. The summed E-state index contributed by atoms with van der Waals surface area (Å²) in [5.74, 6) is 4.35. The number of hydrogen-bond acceptors (Lipinski definition) is 1. The fourth-order valence-electron chi connectivity index (χ4n) is 6.23. The molecule has 0 amide bonds. The van der Waals surface area contributed by atoms with Crippen LogP contribution in [0.3, 0.4) is 0 Å². The molecule has 0 bridgehead atoms. The van der Waals surface area contributed by atoms with Crippen molar-refractivity contribution < 1.29 is 4.39 Å². The summed E-state index contributed by atoms with van der Waals surface area (Å²) in [6.45, 7) is 7.08. The lowest BCUT2D eigenvalue weighted by Gasteiger charge is -2.40. The van der Waals surface area contributed by atoms with Gasteiger partial charge in [-0.15, -0.1) is 0 Å². The van der Waals surface area contributed by atoms with Gasteiger partial charge in [-0.05, 0) is 91.7 Å². The van der Waals surface area contributed by atoms with Gasteiger partial charge in [0.2, 0.25) is 0 Å². The Kier molecular flexibility index (Phi) is 8.16. The second-order valence-corrected chi connectivity index (χ2v) is 10.1. The van der Waals surface area contributed by atoms with E-state index in [2.05, 4.69) is 20.8 Å². The number of rotatable bonds is 7. The molecule has 1 aromatic carbocycles. The van der Waals surface area contributed by atoms with Gasteiger partial charge >= 0.3 is 0 Å². The number of nitrogens with zero attached hydrogens (tertiary/aromatic N) is 1. The first-order valence-corrected chi connectivity index (χ1v) is 12.2. The van der Waals surface area contributed by atoms with E-state index in [1.165, 1.54) is 70.6 Å². The van der Waals surface area contributed by atoms with Crippen molar-refractivity contribution in [3.8, 4) is 6.07 Å². The molecule has 3 rings (SSSR count). The molecule has 160 valence electrons. The Morgan fingerprint density at radius 1 is 0.966 bits per heavy atom. The van der Waals surface area contributed by atoms with Gasteiger partial charge in [0.05, 0.1) is 5.56 Å².